The van der Waals surface area contributed by atoms with Crippen LogP contribution in [0.5, 0.6) is 0 Å². The topological polar surface area (TPSA) is 41.6 Å². The number of halogens is 1. The Morgan fingerprint density at radius 1 is 1.35 bits per heavy atom. The van der Waals surface area contributed by atoms with Crippen LogP contribution in [-0.4, -0.2) is 37.2 Å². The number of amides is 1. The Labute approximate surface area is 124 Å². The number of rotatable bonds is 3. The first-order valence-corrected chi connectivity index (χ1v) is 6.99. The first kappa shape index (κ1) is 14.7. The van der Waals surface area contributed by atoms with Crippen molar-refractivity contribution in [3.63, 3.8) is 0 Å². The van der Waals surface area contributed by atoms with E-state index in [2.05, 4.69) is 22.1 Å². The molecule has 1 aliphatic heterocycles. The minimum absolute atomic E-state index is 0.0975. The van der Waals surface area contributed by atoms with Crippen LogP contribution < -0.4 is 5.32 Å². The molecule has 1 heterocycles. The number of anilines is 1. The normalized spacial score (nSPS) is 14.4. The van der Waals surface area contributed by atoms with Gasteiger partial charge in [-0.05, 0) is 44.1 Å². The maximum absolute atomic E-state index is 11.5. The standard InChI is InChI=1S/C15H17ClN2O2/c16-13-6-5-7-14(12-13)17-15(19)20-11-4-3-10-18-8-1-2-9-18/h5-7,12H,1-2,8-11H2,(H,17,19). The molecule has 0 saturated carbocycles. The van der Waals surface area contributed by atoms with E-state index in [-0.39, 0.29) is 6.61 Å². The fourth-order valence-corrected chi connectivity index (χ4v) is 2.17. The van der Waals surface area contributed by atoms with Crippen molar-refractivity contribution in [1.82, 2.24) is 4.90 Å². The zero-order chi connectivity index (χ0) is 14.2. The van der Waals surface area contributed by atoms with Crippen molar-refractivity contribution < 1.29 is 9.53 Å². The van der Waals surface area contributed by atoms with Crippen molar-refractivity contribution in [1.29, 1.82) is 0 Å². The number of hydrogen-bond acceptors (Lipinski definition) is 3. The molecule has 0 radical (unpaired) electrons. The fourth-order valence-electron chi connectivity index (χ4n) is 1.98. The van der Waals surface area contributed by atoms with E-state index in [0.29, 0.717) is 10.7 Å². The first-order valence-electron chi connectivity index (χ1n) is 6.61. The zero-order valence-corrected chi connectivity index (χ0v) is 11.9. The van der Waals surface area contributed by atoms with Gasteiger partial charge in [-0.25, -0.2) is 4.79 Å². The van der Waals surface area contributed by atoms with Gasteiger partial charge in [-0.15, -0.1) is 0 Å². The van der Waals surface area contributed by atoms with Crippen LogP contribution in [0.2, 0.25) is 5.02 Å². The highest BCUT2D eigenvalue weighted by Crippen LogP contribution is 2.14. The second-order valence-electron chi connectivity index (χ2n) is 4.55. The molecule has 0 bridgehead atoms. The van der Waals surface area contributed by atoms with Crippen molar-refractivity contribution in [3.05, 3.63) is 29.3 Å². The smallest absolute Gasteiger partial charge is 0.412 e. The molecule has 0 aromatic heterocycles. The fraction of sp³-hybridized carbons (Fsp3) is 0.400. The molecule has 4 nitrogen and oxygen atoms in total. The van der Waals surface area contributed by atoms with Gasteiger partial charge in [-0.1, -0.05) is 29.5 Å². The van der Waals surface area contributed by atoms with Crippen LogP contribution >= 0.6 is 11.6 Å². The average molecular weight is 293 g/mol. The Morgan fingerprint density at radius 2 is 2.15 bits per heavy atom. The second kappa shape index (κ2) is 7.78. The molecule has 1 aromatic rings. The summed E-state index contributed by atoms with van der Waals surface area (Å²) in [4.78, 5) is 13.8. The molecule has 1 aliphatic rings. The Bertz CT molecular complexity index is 516. The van der Waals surface area contributed by atoms with E-state index < -0.39 is 6.09 Å². The summed E-state index contributed by atoms with van der Waals surface area (Å²) in [6, 6.07) is 6.89. The number of ether oxygens (including phenoxy) is 1. The summed E-state index contributed by atoms with van der Waals surface area (Å²) < 4.78 is 4.97. The van der Waals surface area contributed by atoms with Gasteiger partial charge in [-0.2, -0.15) is 0 Å². The molecular weight excluding hydrogens is 276 g/mol. The summed E-state index contributed by atoms with van der Waals surface area (Å²) in [6.45, 7) is 3.08. The number of carbonyl (C=O) groups is 1. The van der Waals surface area contributed by atoms with Crippen LogP contribution in [0.4, 0.5) is 10.5 Å². The van der Waals surface area contributed by atoms with Gasteiger partial charge in [0.05, 0.1) is 6.54 Å². The molecule has 20 heavy (non-hydrogen) atoms. The number of carbonyl (C=O) groups excluding carboxylic acids is 1. The van der Waals surface area contributed by atoms with Gasteiger partial charge < -0.3 is 4.74 Å². The molecule has 1 N–H and O–H groups in total. The van der Waals surface area contributed by atoms with Crippen molar-refractivity contribution in [2.75, 3.05) is 31.6 Å². The number of likely N-dealkylation sites (tertiary alicyclic amines) is 1. The third-order valence-electron chi connectivity index (χ3n) is 2.97. The predicted molar refractivity (Wildman–Crippen MR) is 79.9 cm³/mol. The number of benzene rings is 1. The van der Waals surface area contributed by atoms with Gasteiger partial charge in [0.25, 0.3) is 0 Å². The summed E-state index contributed by atoms with van der Waals surface area (Å²) in [5, 5.41) is 3.15. The molecular formula is C15H17ClN2O2. The quantitative estimate of drug-likeness (QED) is 0.871. The maximum atomic E-state index is 11.5. The largest absolute Gasteiger partial charge is 0.436 e. The van der Waals surface area contributed by atoms with Crippen LogP contribution in [-0.2, 0) is 4.74 Å². The van der Waals surface area contributed by atoms with Crippen LogP contribution in [0.1, 0.15) is 12.8 Å². The van der Waals surface area contributed by atoms with Gasteiger partial charge >= 0.3 is 6.09 Å². The molecule has 0 unspecified atom stereocenters. The van der Waals surface area contributed by atoms with Crippen molar-refractivity contribution in [2.45, 2.75) is 12.8 Å². The summed E-state index contributed by atoms with van der Waals surface area (Å²) in [5.41, 5.74) is 0.604. The van der Waals surface area contributed by atoms with Crippen molar-refractivity contribution >= 4 is 23.4 Å². The van der Waals surface area contributed by atoms with E-state index in [9.17, 15) is 4.79 Å². The van der Waals surface area contributed by atoms with Gasteiger partial charge in [0, 0.05) is 10.7 Å². The highest BCUT2D eigenvalue weighted by atomic mass is 35.5. The maximum Gasteiger partial charge on any atom is 0.412 e. The predicted octanol–water partition coefficient (Wildman–Crippen LogP) is 2.99. The van der Waals surface area contributed by atoms with E-state index in [1.165, 1.54) is 12.8 Å². The third-order valence-corrected chi connectivity index (χ3v) is 3.21. The Kier molecular flexibility index (Phi) is 5.72. The van der Waals surface area contributed by atoms with Crippen molar-refractivity contribution in [3.8, 4) is 11.8 Å². The minimum Gasteiger partial charge on any atom is -0.436 e. The summed E-state index contributed by atoms with van der Waals surface area (Å²) >= 11 is 5.82. The zero-order valence-electron chi connectivity index (χ0n) is 11.2. The lowest BCUT2D eigenvalue weighted by molar-refractivity contribution is 0.176. The second-order valence-corrected chi connectivity index (χ2v) is 4.98. The lowest BCUT2D eigenvalue weighted by Gasteiger charge is -2.08. The monoisotopic (exact) mass is 292 g/mol. The van der Waals surface area contributed by atoms with E-state index in [1.54, 1.807) is 24.3 Å². The summed E-state index contributed by atoms with van der Waals surface area (Å²) in [6.07, 6.45) is 1.98. The summed E-state index contributed by atoms with van der Waals surface area (Å²) in [5.74, 6) is 5.85. The molecule has 1 saturated heterocycles. The van der Waals surface area contributed by atoms with Gasteiger partial charge in [0.15, 0.2) is 6.61 Å². The van der Waals surface area contributed by atoms with Crippen LogP contribution in [0, 0.1) is 11.8 Å². The molecule has 5 heteroatoms. The molecule has 1 fully saturated rings. The molecule has 0 atom stereocenters. The van der Waals surface area contributed by atoms with Crippen molar-refractivity contribution in [2.24, 2.45) is 0 Å². The Morgan fingerprint density at radius 3 is 2.90 bits per heavy atom. The van der Waals surface area contributed by atoms with E-state index in [1.807, 2.05) is 0 Å². The number of nitrogens with one attached hydrogen (secondary N) is 1. The average Bonchev–Trinajstić information content (AvgIpc) is 2.91. The molecule has 0 aliphatic carbocycles. The lowest BCUT2D eigenvalue weighted by Crippen LogP contribution is -2.19. The number of nitrogens with zero attached hydrogens (tertiary/aromatic N) is 1. The molecule has 0 spiro atoms. The van der Waals surface area contributed by atoms with E-state index in [0.717, 1.165) is 19.6 Å². The Balaban J connectivity index is 1.66. The summed E-state index contributed by atoms with van der Waals surface area (Å²) in [7, 11) is 0. The molecule has 1 aromatic carbocycles. The van der Waals surface area contributed by atoms with Crippen LogP contribution in [0.3, 0.4) is 0 Å². The Hall–Kier alpha value is -1.70. The van der Waals surface area contributed by atoms with Gasteiger partial charge in [0.1, 0.15) is 0 Å². The SMILES string of the molecule is O=C(Nc1cccc(Cl)c1)OCC#CCN1CCCC1. The highest BCUT2D eigenvalue weighted by molar-refractivity contribution is 6.30. The van der Waals surface area contributed by atoms with Crippen LogP contribution in [0.25, 0.3) is 0 Å². The minimum atomic E-state index is -0.525. The highest BCUT2D eigenvalue weighted by Gasteiger charge is 2.08. The van der Waals surface area contributed by atoms with E-state index >= 15 is 0 Å². The van der Waals surface area contributed by atoms with Gasteiger partial charge in [0.2, 0.25) is 0 Å². The molecule has 2 rings (SSSR count). The lowest BCUT2D eigenvalue weighted by atomic mass is 10.3. The first-order chi connectivity index (χ1) is 9.74. The van der Waals surface area contributed by atoms with Crippen LogP contribution in [0.15, 0.2) is 24.3 Å². The van der Waals surface area contributed by atoms with E-state index in [4.69, 9.17) is 16.3 Å². The number of hydrogen-bond donors (Lipinski definition) is 1. The molecule has 1 amide bonds. The molecule has 106 valence electrons. The third kappa shape index (κ3) is 5.12. The van der Waals surface area contributed by atoms with Gasteiger partial charge in [-0.3, -0.25) is 10.2 Å².